The lowest BCUT2D eigenvalue weighted by Crippen LogP contribution is -2.53. The molecule has 0 saturated heterocycles. The molecule has 0 amide bonds. The van der Waals surface area contributed by atoms with Gasteiger partial charge in [-0.15, -0.1) is 0 Å². The highest BCUT2D eigenvalue weighted by atomic mass is 16.5. The quantitative estimate of drug-likeness (QED) is 0.807. The maximum atomic E-state index is 12.6. The Hall–Kier alpha value is -1.55. The molecule has 4 nitrogen and oxygen atoms in total. The van der Waals surface area contributed by atoms with Crippen molar-refractivity contribution in [2.24, 2.45) is 11.3 Å². The van der Waals surface area contributed by atoms with Gasteiger partial charge in [0.25, 0.3) is 0 Å². The van der Waals surface area contributed by atoms with E-state index in [1.54, 1.807) is 7.11 Å². The number of fused-ring (bicyclic) bond motifs is 3. The van der Waals surface area contributed by atoms with Crippen LogP contribution in [0.1, 0.15) is 82.1 Å². The number of carbonyl (C=O) groups is 1. The van der Waals surface area contributed by atoms with E-state index in [4.69, 9.17) is 9.47 Å². The van der Waals surface area contributed by atoms with E-state index in [0.717, 1.165) is 41.7 Å². The summed E-state index contributed by atoms with van der Waals surface area (Å²) in [4.78, 5) is 12.6. The molecule has 0 aliphatic heterocycles. The van der Waals surface area contributed by atoms with Gasteiger partial charge in [-0.2, -0.15) is 0 Å². The van der Waals surface area contributed by atoms with Crippen molar-refractivity contribution in [1.29, 1.82) is 0 Å². The molecule has 0 bridgehead atoms. The second kappa shape index (κ2) is 6.56. The van der Waals surface area contributed by atoms with Gasteiger partial charge < -0.3 is 14.6 Å². The number of ether oxygens (including phenoxy) is 2. The Morgan fingerprint density at radius 1 is 1.23 bits per heavy atom. The lowest BCUT2D eigenvalue weighted by atomic mass is 9.49. The fourth-order valence-corrected chi connectivity index (χ4v) is 5.66. The predicted molar refractivity (Wildman–Crippen MR) is 101 cm³/mol. The summed E-state index contributed by atoms with van der Waals surface area (Å²) in [5.74, 6) is 1.03. The first-order chi connectivity index (χ1) is 12.2. The van der Waals surface area contributed by atoms with Crippen LogP contribution in [-0.4, -0.2) is 25.3 Å². The molecule has 1 aromatic carbocycles. The van der Waals surface area contributed by atoms with Crippen LogP contribution in [0, 0.1) is 11.3 Å². The summed E-state index contributed by atoms with van der Waals surface area (Å²) in [7, 11) is 3.15. The maximum absolute atomic E-state index is 12.6. The molecule has 0 spiro atoms. The average Bonchev–Trinajstić information content (AvgIpc) is 2.61. The van der Waals surface area contributed by atoms with E-state index in [2.05, 4.69) is 32.9 Å². The molecule has 1 fully saturated rings. The first-order valence-corrected chi connectivity index (χ1v) is 9.68. The van der Waals surface area contributed by atoms with Gasteiger partial charge in [-0.25, -0.2) is 0 Å². The molecule has 3 rings (SSSR count). The van der Waals surface area contributed by atoms with Crippen molar-refractivity contribution in [3.8, 4) is 5.75 Å². The molecule has 0 radical (unpaired) electrons. The van der Waals surface area contributed by atoms with E-state index in [1.807, 2.05) is 6.92 Å². The summed E-state index contributed by atoms with van der Waals surface area (Å²) >= 11 is 0. The summed E-state index contributed by atoms with van der Waals surface area (Å²) in [5, 5.41) is 11.1. The van der Waals surface area contributed by atoms with Crippen molar-refractivity contribution in [1.82, 2.24) is 0 Å². The van der Waals surface area contributed by atoms with E-state index in [-0.39, 0.29) is 17.3 Å². The van der Waals surface area contributed by atoms with Crippen molar-refractivity contribution < 1.29 is 19.4 Å². The van der Waals surface area contributed by atoms with Crippen LogP contribution >= 0.6 is 0 Å². The molecule has 2 aliphatic carbocycles. The highest BCUT2D eigenvalue weighted by Gasteiger charge is 2.57. The molecular weight excluding hydrogens is 328 g/mol. The molecule has 1 aromatic rings. The number of hydrogen-bond acceptors (Lipinski definition) is 4. The van der Waals surface area contributed by atoms with Gasteiger partial charge in [-0.3, -0.25) is 4.79 Å². The van der Waals surface area contributed by atoms with Crippen molar-refractivity contribution in [2.75, 3.05) is 14.2 Å². The van der Waals surface area contributed by atoms with Crippen LogP contribution in [0.4, 0.5) is 0 Å². The van der Waals surface area contributed by atoms with Crippen molar-refractivity contribution in [3.63, 3.8) is 0 Å². The minimum Gasteiger partial charge on any atom is -0.496 e. The molecule has 1 N–H and O–H groups in total. The third kappa shape index (κ3) is 2.57. The predicted octanol–water partition coefficient (Wildman–Crippen LogP) is 4.49. The van der Waals surface area contributed by atoms with Gasteiger partial charge in [-0.05, 0) is 54.6 Å². The third-order valence-electron chi connectivity index (χ3n) is 7.04. The van der Waals surface area contributed by atoms with Crippen LogP contribution in [0.25, 0.3) is 0 Å². The smallest absolute Gasteiger partial charge is 0.311 e. The first-order valence-electron chi connectivity index (χ1n) is 9.68. The van der Waals surface area contributed by atoms with Gasteiger partial charge in [0.1, 0.15) is 5.75 Å². The summed E-state index contributed by atoms with van der Waals surface area (Å²) < 4.78 is 10.9. The van der Waals surface area contributed by atoms with Crippen LogP contribution in [0.15, 0.2) is 12.1 Å². The fraction of sp³-hybridized carbons (Fsp3) is 0.682. The Morgan fingerprint density at radius 2 is 1.92 bits per heavy atom. The van der Waals surface area contributed by atoms with Gasteiger partial charge >= 0.3 is 5.97 Å². The number of aliphatic hydroxyl groups is 1. The van der Waals surface area contributed by atoms with Gasteiger partial charge in [0.05, 0.1) is 25.7 Å². The molecule has 0 unspecified atom stereocenters. The third-order valence-corrected chi connectivity index (χ3v) is 7.04. The van der Waals surface area contributed by atoms with E-state index in [1.165, 1.54) is 7.11 Å². The molecule has 0 aromatic heterocycles. The second-order valence-corrected chi connectivity index (χ2v) is 8.79. The minimum atomic E-state index is -0.626. The Bertz CT molecular complexity index is 710. The van der Waals surface area contributed by atoms with E-state index >= 15 is 0 Å². The number of rotatable bonds is 3. The number of aliphatic hydroxyl groups excluding tert-OH is 1. The monoisotopic (exact) mass is 360 g/mol. The Balaban J connectivity index is 2.20. The van der Waals surface area contributed by atoms with Crippen LogP contribution in [0.5, 0.6) is 5.75 Å². The molecule has 0 heterocycles. The van der Waals surface area contributed by atoms with Gasteiger partial charge in [0.15, 0.2) is 0 Å². The maximum Gasteiger partial charge on any atom is 0.311 e. The lowest BCUT2D eigenvalue weighted by Gasteiger charge is -2.55. The van der Waals surface area contributed by atoms with E-state index < -0.39 is 11.5 Å². The minimum absolute atomic E-state index is 0.0494. The number of esters is 1. The first kappa shape index (κ1) is 19.2. The van der Waals surface area contributed by atoms with Gasteiger partial charge in [-0.1, -0.05) is 39.3 Å². The van der Waals surface area contributed by atoms with Crippen LogP contribution in [0.2, 0.25) is 0 Å². The van der Waals surface area contributed by atoms with E-state index in [0.29, 0.717) is 12.3 Å². The summed E-state index contributed by atoms with van der Waals surface area (Å²) in [6, 6.07) is 4.29. The zero-order chi connectivity index (χ0) is 19.3. The molecule has 1 saturated carbocycles. The fourth-order valence-electron chi connectivity index (χ4n) is 5.66. The van der Waals surface area contributed by atoms with Crippen LogP contribution in [-0.2, 0) is 14.9 Å². The summed E-state index contributed by atoms with van der Waals surface area (Å²) in [6.07, 6.45) is 2.73. The van der Waals surface area contributed by atoms with Crippen LogP contribution in [0.3, 0.4) is 0 Å². The highest BCUT2D eigenvalue weighted by Crippen LogP contribution is 2.61. The number of methoxy groups -OCH3 is 2. The molecule has 4 atom stereocenters. The number of hydrogen-bond donors (Lipinski definition) is 1. The van der Waals surface area contributed by atoms with Crippen molar-refractivity contribution in [2.45, 2.75) is 70.8 Å². The SMILES string of the molecule is COC(=O)[C@]1(C)CCC[C@]2(C)c3ccc(C(C)C)c(OC)c3[C@H](O)C[C@@H]12. The zero-order valence-electron chi connectivity index (χ0n) is 16.9. The van der Waals surface area contributed by atoms with Gasteiger partial charge in [0.2, 0.25) is 0 Å². The summed E-state index contributed by atoms with van der Waals surface area (Å²) in [5.41, 5.74) is 2.45. The summed E-state index contributed by atoms with van der Waals surface area (Å²) in [6.45, 7) is 8.54. The largest absolute Gasteiger partial charge is 0.496 e. The van der Waals surface area contributed by atoms with Crippen molar-refractivity contribution in [3.05, 3.63) is 28.8 Å². The molecule has 144 valence electrons. The lowest BCUT2D eigenvalue weighted by molar-refractivity contribution is -0.162. The average molecular weight is 360 g/mol. The molecule has 26 heavy (non-hydrogen) atoms. The second-order valence-electron chi connectivity index (χ2n) is 8.79. The van der Waals surface area contributed by atoms with Gasteiger partial charge in [0, 0.05) is 5.56 Å². The number of benzene rings is 1. The highest BCUT2D eigenvalue weighted by molar-refractivity contribution is 5.77. The standard InChI is InChI=1S/C22H32O4/c1-13(2)14-8-9-15-18(19(14)25-5)16(23)12-17-21(15,3)10-7-11-22(17,4)20(24)26-6/h8-9,13,16-17,23H,7,10-12H2,1-6H3/t16-,17-,21-,22-/m1/s1. The molecular formula is C22H32O4. The van der Waals surface area contributed by atoms with Crippen LogP contribution < -0.4 is 4.74 Å². The normalized spacial score (nSPS) is 33.4. The Labute approximate surface area is 156 Å². The Morgan fingerprint density at radius 3 is 2.50 bits per heavy atom. The number of carbonyl (C=O) groups excluding carboxylic acids is 1. The zero-order valence-corrected chi connectivity index (χ0v) is 16.9. The van der Waals surface area contributed by atoms with Crippen molar-refractivity contribution >= 4 is 5.97 Å². The molecule has 2 aliphatic rings. The molecule has 4 heteroatoms. The topological polar surface area (TPSA) is 55.8 Å². The Kier molecular flexibility index (Phi) is 4.85. The van der Waals surface area contributed by atoms with E-state index in [9.17, 15) is 9.90 Å².